The van der Waals surface area contributed by atoms with Gasteiger partial charge in [0.25, 0.3) is 0 Å². The van der Waals surface area contributed by atoms with Gasteiger partial charge in [-0.1, -0.05) is 47.6 Å². The van der Waals surface area contributed by atoms with Gasteiger partial charge in [-0.05, 0) is 29.8 Å². The first-order chi connectivity index (χ1) is 11.2. The third kappa shape index (κ3) is 3.68. The summed E-state index contributed by atoms with van der Waals surface area (Å²) in [5.74, 6) is 2.42. The van der Waals surface area contributed by atoms with E-state index in [1.165, 1.54) is 0 Å². The summed E-state index contributed by atoms with van der Waals surface area (Å²) in [5.41, 5.74) is 2.14. The molecular weight excluding hydrogens is 330 g/mol. The number of hydrogen-bond acceptors (Lipinski definition) is 4. The summed E-state index contributed by atoms with van der Waals surface area (Å²) >= 11 is 7.65. The average molecular weight is 346 g/mol. The molecule has 0 aliphatic carbocycles. The Morgan fingerprint density at radius 3 is 2.74 bits per heavy atom. The summed E-state index contributed by atoms with van der Waals surface area (Å²) in [4.78, 5) is 0. The zero-order valence-corrected chi connectivity index (χ0v) is 14.4. The minimum atomic E-state index is 0.748. The van der Waals surface area contributed by atoms with E-state index in [1.54, 1.807) is 18.9 Å². The van der Waals surface area contributed by atoms with Crippen LogP contribution in [0.15, 0.2) is 53.7 Å². The molecule has 0 saturated heterocycles. The van der Waals surface area contributed by atoms with Crippen molar-refractivity contribution in [2.45, 2.75) is 10.9 Å². The molecule has 118 valence electrons. The number of halogens is 1. The van der Waals surface area contributed by atoms with Crippen LogP contribution in [0.25, 0.3) is 11.4 Å². The van der Waals surface area contributed by atoms with E-state index in [0.717, 1.165) is 38.6 Å². The zero-order chi connectivity index (χ0) is 16.2. The lowest BCUT2D eigenvalue weighted by Crippen LogP contribution is -1.95. The molecule has 0 N–H and O–H groups in total. The molecule has 0 aliphatic heterocycles. The first kappa shape index (κ1) is 15.9. The fourth-order valence-corrected chi connectivity index (χ4v) is 3.30. The third-order valence-electron chi connectivity index (χ3n) is 3.42. The molecule has 2 aromatic carbocycles. The van der Waals surface area contributed by atoms with E-state index in [2.05, 4.69) is 16.3 Å². The van der Waals surface area contributed by atoms with Crippen molar-refractivity contribution >= 4 is 23.4 Å². The van der Waals surface area contributed by atoms with Gasteiger partial charge in [-0.2, -0.15) is 0 Å². The van der Waals surface area contributed by atoms with Crippen molar-refractivity contribution in [2.75, 3.05) is 7.11 Å². The maximum absolute atomic E-state index is 6.02. The Bertz CT molecular complexity index is 819. The van der Waals surface area contributed by atoms with E-state index in [-0.39, 0.29) is 0 Å². The van der Waals surface area contributed by atoms with Crippen molar-refractivity contribution in [3.63, 3.8) is 0 Å². The van der Waals surface area contributed by atoms with Crippen LogP contribution in [0, 0.1) is 0 Å². The lowest BCUT2D eigenvalue weighted by Gasteiger charge is -2.06. The SMILES string of the molecule is COc1cccc(-c2nnc(SCc3cccc(Cl)c3)n2C)c1. The van der Waals surface area contributed by atoms with Crippen LogP contribution in [-0.4, -0.2) is 21.9 Å². The number of aromatic nitrogens is 3. The highest BCUT2D eigenvalue weighted by Crippen LogP contribution is 2.27. The third-order valence-corrected chi connectivity index (χ3v) is 4.75. The van der Waals surface area contributed by atoms with Crippen LogP contribution in [0.2, 0.25) is 5.02 Å². The minimum absolute atomic E-state index is 0.748. The van der Waals surface area contributed by atoms with Crippen molar-refractivity contribution in [1.29, 1.82) is 0 Å². The Hall–Kier alpha value is -1.98. The zero-order valence-electron chi connectivity index (χ0n) is 12.9. The van der Waals surface area contributed by atoms with Gasteiger partial charge in [0, 0.05) is 23.4 Å². The molecule has 23 heavy (non-hydrogen) atoms. The lowest BCUT2D eigenvalue weighted by molar-refractivity contribution is 0.415. The molecule has 0 unspecified atom stereocenters. The predicted octanol–water partition coefficient (Wildman–Crippen LogP) is 4.44. The summed E-state index contributed by atoms with van der Waals surface area (Å²) in [7, 11) is 3.62. The maximum Gasteiger partial charge on any atom is 0.191 e. The van der Waals surface area contributed by atoms with Crippen LogP contribution in [-0.2, 0) is 12.8 Å². The van der Waals surface area contributed by atoms with E-state index in [9.17, 15) is 0 Å². The molecule has 0 atom stereocenters. The highest BCUT2D eigenvalue weighted by Gasteiger charge is 2.12. The van der Waals surface area contributed by atoms with Crippen LogP contribution in [0.4, 0.5) is 0 Å². The van der Waals surface area contributed by atoms with Crippen LogP contribution in [0.5, 0.6) is 5.75 Å². The van der Waals surface area contributed by atoms with Crippen LogP contribution in [0.1, 0.15) is 5.56 Å². The van der Waals surface area contributed by atoms with Crippen LogP contribution in [0.3, 0.4) is 0 Å². The van der Waals surface area contributed by atoms with Gasteiger partial charge in [0.2, 0.25) is 0 Å². The largest absolute Gasteiger partial charge is 0.497 e. The number of benzene rings is 2. The molecule has 3 rings (SSSR count). The minimum Gasteiger partial charge on any atom is -0.497 e. The number of thioether (sulfide) groups is 1. The number of methoxy groups -OCH3 is 1. The quantitative estimate of drug-likeness (QED) is 0.641. The first-order valence-corrected chi connectivity index (χ1v) is 8.45. The van der Waals surface area contributed by atoms with Crippen molar-refractivity contribution < 1.29 is 4.74 Å². The molecule has 4 nitrogen and oxygen atoms in total. The molecule has 0 aliphatic rings. The fraction of sp³-hybridized carbons (Fsp3) is 0.176. The predicted molar refractivity (Wildman–Crippen MR) is 94.0 cm³/mol. The smallest absolute Gasteiger partial charge is 0.191 e. The Morgan fingerprint density at radius 2 is 1.96 bits per heavy atom. The Kier molecular flexibility index (Phi) is 4.88. The van der Waals surface area contributed by atoms with Crippen LogP contribution >= 0.6 is 23.4 Å². The molecule has 0 amide bonds. The summed E-state index contributed by atoms with van der Waals surface area (Å²) in [6.45, 7) is 0. The summed E-state index contributed by atoms with van der Waals surface area (Å²) in [6.07, 6.45) is 0. The van der Waals surface area contributed by atoms with Gasteiger partial charge in [0.1, 0.15) is 5.75 Å². The molecule has 0 spiro atoms. The van der Waals surface area contributed by atoms with Crippen LogP contribution < -0.4 is 4.74 Å². The van der Waals surface area contributed by atoms with E-state index < -0.39 is 0 Å². The molecule has 1 aromatic heterocycles. The second-order valence-corrected chi connectivity index (χ2v) is 6.39. The van der Waals surface area contributed by atoms with Crippen molar-refractivity contribution in [1.82, 2.24) is 14.8 Å². The fourth-order valence-electron chi connectivity index (χ4n) is 2.23. The molecule has 6 heteroatoms. The van der Waals surface area contributed by atoms with Gasteiger partial charge in [-0.25, -0.2) is 0 Å². The Balaban J connectivity index is 1.79. The number of rotatable bonds is 5. The summed E-state index contributed by atoms with van der Waals surface area (Å²) in [6, 6.07) is 15.7. The van der Waals surface area contributed by atoms with Crippen molar-refractivity contribution in [3.8, 4) is 17.1 Å². The average Bonchev–Trinajstić information content (AvgIpc) is 2.94. The van der Waals surface area contributed by atoms with Gasteiger partial charge in [-0.15, -0.1) is 10.2 Å². The number of hydrogen-bond donors (Lipinski definition) is 0. The van der Waals surface area contributed by atoms with Gasteiger partial charge in [0.05, 0.1) is 7.11 Å². The monoisotopic (exact) mass is 345 g/mol. The standard InChI is InChI=1S/C17H16ClN3OS/c1-21-16(13-6-4-8-15(10-13)22-2)19-20-17(21)23-11-12-5-3-7-14(18)9-12/h3-10H,11H2,1-2H3. The van der Waals surface area contributed by atoms with Gasteiger partial charge >= 0.3 is 0 Å². The highest BCUT2D eigenvalue weighted by molar-refractivity contribution is 7.98. The van der Waals surface area contributed by atoms with Gasteiger partial charge in [-0.3, -0.25) is 0 Å². The van der Waals surface area contributed by atoms with Gasteiger partial charge < -0.3 is 9.30 Å². The Labute approximate surface area is 144 Å². The van der Waals surface area contributed by atoms with E-state index in [4.69, 9.17) is 16.3 Å². The second kappa shape index (κ2) is 7.06. The molecule has 0 radical (unpaired) electrons. The molecule has 0 bridgehead atoms. The highest BCUT2D eigenvalue weighted by atomic mass is 35.5. The van der Waals surface area contributed by atoms with E-state index in [0.29, 0.717) is 0 Å². The number of ether oxygens (including phenoxy) is 1. The molecule has 1 heterocycles. The van der Waals surface area contributed by atoms with Crippen molar-refractivity contribution in [3.05, 3.63) is 59.1 Å². The van der Waals surface area contributed by atoms with E-state index in [1.807, 2.05) is 54.1 Å². The normalized spacial score (nSPS) is 10.7. The first-order valence-electron chi connectivity index (χ1n) is 7.08. The molecule has 0 saturated carbocycles. The Morgan fingerprint density at radius 1 is 1.13 bits per heavy atom. The maximum atomic E-state index is 6.02. The van der Waals surface area contributed by atoms with E-state index >= 15 is 0 Å². The topological polar surface area (TPSA) is 39.9 Å². The van der Waals surface area contributed by atoms with Crippen molar-refractivity contribution in [2.24, 2.45) is 7.05 Å². The molecule has 3 aromatic rings. The van der Waals surface area contributed by atoms with Gasteiger partial charge in [0.15, 0.2) is 11.0 Å². The molecular formula is C17H16ClN3OS. The summed E-state index contributed by atoms with van der Waals surface area (Å²) < 4.78 is 7.25. The lowest BCUT2D eigenvalue weighted by atomic mass is 10.2. The number of nitrogens with zero attached hydrogens (tertiary/aromatic N) is 3. The second-order valence-electron chi connectivity index (χ2n) is 5.02. The molecule has 0 fully saturated rings. The summed E-state index contributed by atoms with van der Waals surface area (Å²) in [5, 5.41) is 10.2.